The van der Waals surface area contributed by atoms with Crippen molar-refractivity contribution in [3.8, 4) is 23.1 Å². The maximum atomic E-state index is 14.3. The molecular formula is C24H17FN4O3. The molecule has 2 aromatic heterocycles. The monoisotopic (exact) mass is 428 g/mol. The standard InChI is InChI=1S/C24H17FN4O3/c25-21-13-17(6-8-22(21)31-20-5-2-10-26-15-20)7-9-23(30)29-18-3-1-4-19(14-18)32-24-16-27-11-12-28-24/h1-16H,(H,29,30)/b9-7+. The molecule has 0 radical (unpaired) electrons. The summed E-state index contributed by atoms with van der Waals surface area (Å²) in [5, 5.41) is 2.73. The molecule has 32 heavy (non-hydrogen) atoms. The minimum absolute atomic E-state index is 0.0690. The average molecular weight is 428 g/mol. The highest BCUT2D eigenvalue weighted by molar-refractivity contribution is 6.02. The molecule has 0 aliphatic heterocycles. The van der Waals surface area contributed by atoms with Crippen LogP contribution in [-0.2, 0) is 4.79 Å². The molecule has 0 aliphatic rings. The highest BCUT2D eigenvalue weighted by Gasteiger charge is 2.06. The van der Waals surface area contributed by atoms with Crippen molar-refractivity contribution in [1.29, 1.82) is 0 Å². The van der Waals surface area contributed by atoms with Gasteiger partial charge in [0, 0.05) is 36.4 Å². The summed E-state index contributed by atoms with van der Waals surface area (Å²) in [5.74, 6) is 0.412. The second-order valence-electron chi connectivity index (χ2n) is 6.48. The third kappa shape index (κ3) is 5.73. The number of hydrogen-bond donors (Lipinski definition) is 1. The Balaban J connectivity index is 1.37. The number of amides is 1. The van der Waals surface area contributed by atoms with Crippen LogP contribution >= 0.6 is 0 Å². The van der Waals surface area contributed by atoms with E-state index in [0.717, 1.165) is 0 Å². The van der Waals surface area contributed by atoms with Crippen LogP contribution in [0.1, 0.15) is 5.56 Å². The van der Waals surface area contributed by atoms with Gasteiger partial charge in [-0.2, -0.15) is 0 Å². The van der Waals surface area contributed by atoms with Gasteiger partial charge in [-0.05, 0) is 48.0 Å². The predicted molar refractivity (Wildman–Crippen MR) is 117 cm³/mol. The Hall–Kier alpha value is -4.59. The molecule has 0 saturated carbocycles. The largest absolute Gasteiger partial charge is 0.453 e. The molecule has 1 amide bonds. The molecule has 0 unspecified atom stereocenters. The lowest BCUT2D eigenvalue weighted by molar-refractivity contribution is -0.111. The molecule has 7 nitrogen and oxygen atoms in total. The summed E-state index contributed by atoms with van der Waals surface area (Å²) >= 11 is 0. The molecule has 4 aromatic rings. The van der Waals surface area contributed by atoms with E-state index in [0.29, 0.717) is 28.6 Å². The molecule has 4 rings (SSSR count). The molecular weight excluding hydrogens is 411 g/mol. The highest BCUT2D eigenvalue weighted by atomic mass is 19.1. The van der Waals surface area contributed by atoms with Crippen LogP contribution in [0.25, 0.3) is 6.08 Å². The summed E-state index contributed by atoms with van der Waals surface area (Å²) < 4.78 is 25.4. The molecule has 0 aliphatic carbocycles. The summed E-state index contributed by atoms with van der Waals surface area (Å²) in [6.45, 7) is 0. The summed E-state index contributed by atoms with van der Waals surface area (Å²) in [6.07, 6.45) is 10.5. The first-order valence-electron chi connectivity index (χ1n) is 9.56. The molecule has 0 bridgehead atoms. The van der Waals surface area contributed by atoms with E-state index in [1.165, 1.54) is 42.9 Å². The molecule has 0 saturated heterocycles. The normalized spacial score (nSPS) is 10.7. The number of nitrogens with one attached hydrogen (secondary N) is 1. The van der Waals surface area contributed by atoms with Crippen molar-refractivity contribution in [3.63, 3.8) is 0 Å². The van der Waals surface area contributed by atoms with Crippen molar-refractivity contribution in [2.24, 2.45) is 0 Å². The van der Waals surface area contributed by atoms with Gasteiger partial charge in [0.05, 0.1) is 12.4 Å². The molecule has 158 valence electrons. The number of hydrogen-bond acceptors (Lipinski definition) is 6. The van der Waals surface area contributed by atoms with E-state index in [1.807, 2.05) is 0 Å². The lowest BCUT2D eigenvalue weighted by atomic mass is 10.2. The van der Waals surface area contributed by atoms with E-state index in [2.05, 4.69) is 20.3 Å². The fourth-order valence-electron chi connectivity index (χ4n) is 2.69. The van der Waals surface area contributed by atoms with Crippen LogP contribution in [0, 0.1) is 5.82 Å². The lowest BCUT2D eigenvalue weighted by Crippen LogP contribution is -2.07. The fourth-order valence-corrected chi connectivity index (χ4v) is 2.69. The highest BCUT2D eigenvalue weighted by Crippen LogP contribution is 2.25. The number of nitrogens with zero attached hydrogens (tertiary/aromatic N) is 3. The zero-order valence-electron chi connectivity index (χ0n) is 16.7. The van der Waals surface area contributed by atoms with Crippen LogP contribution in [0.3, 0.4) is 0 Å². The van der Waals surface area contributed by atoms with E-state index in [4.69, 9.17) is 9.47 Å². The number of aromatic nitrogens is 3. The first kappa shape index (κ1) is 20.7. The number of anilines is 1. The van der Waals surface area contributed by atoms with E-state index in [-0.39, 0.29) is 11.7 Å². The van der Waals surface area contributed by atoms with Crippen LogP contribution in [-0.4, -0.2) is 20.9 Å². The van der Waals surface area contributed by atoms with Crippen molar-refractivity contribution in [2.75, 3.05) is 5.32 Å². The van der Waals surface area contributed by atoms with Gasteiger partial charge < -0.3 is 14.8 Å². The number of ether oxygens (including phenoxy) is 2. The summed E-state index contributed by atoms with van der Waals surface area (Å²) in [5.41, 5.74) is 1.04. The molecule has 0 spiro atoms. The van der Waals surface area contributed by atoms with Crippen LogP contribution in [0.4, 0.5) is 10.1 Å². The second-order valence-corrected chi connectivity index (χ2v) is 6.48. The maximum absolute atomic E-state index is 14.3. The van der Waals surface area contributed by atoms with E-state index >= 15 is 0 Å². The zero-order chi connectivity index (χ0) is 22.2. The number of rotatable bonds is 7. The van der Waals surface area contributed by atoms with Gasteiger partial charge in [-0.3, -0.25) is 14.8 Å². The van der Waals surface area contributed by atoms with Gasteiger partial charge in [0.1, 0.15) is 11.5 Å². The van der Waals surface area contributed by atoms with E-state index in [1.54, 1.807) is 54.9 Å². The first-order valence-corrected chi connectivity index (χ1v) is 9.56. The Labute approximate surface area is 183 Å². The Morgan fingerprint density at radius 1 is 0.906 bits per heavy atom. The van der Waals surface area contributed by atoms with Crippen molar-refractivity contribution in [3.05, 3.63) is 103 Å². The molecule has 2 heterocycles. The Morgan fingerprint density at radius 2 is 1.78 bits per heavy atom. The van der Waals surface area contributed by atoms with Crippen LogP contribution in [0.15, 0.2) is 91.7 Å². The molecule has 1 N–H and O–H groups in total. The maximum Gasteiger partial charge on any atom is 0.248 e. The van der Waals surface area contributed by atoms with Gasteiger partial charge in [-0.15, -0.1) is 0 Å². The molecule has 0 atom stereocenters. The van der Waals surface area contributed by atoms with Crippen molar-refractivity contribution < 1.29 is 18.7 Å². The average Bonchev–Trinajstić information content (AvgIpc) is 2.81. The number of benzene rings is 2. The summed E-state index contributed by atoms with van der Waals surface area (Å²) in [4.78, 5) is 24.2. The van der Waals surface area contributed by atoms with Gasteiger partial charge in [0.2, 0.25) is 11.8 Å². The molecule has 0 fully saturated rings. The first-order chi connectivity index (χ1) is 15.7. The number of halogens is 1. The number of carbonyl (C=O) groups excluding carboxylic acids is 1. The van der Waals surface area contributed by atoms with E-state index in [9.17, 15) is 9.18 Å². The topological polar surface area (TPSA) is 86.2 Å². The van der Waals surface area contributed by atoms with Gasteiger partial charge in [0.25, 0.3) is 0 Å². The van der Waals surface area contributed by atoms with Gasteiger partial charge >= 0.3 is 0 Å². The minimum atomic E-state index is -0.551. The van der Waals surface area contributed by atoms with E-state index < -0.39 is 5.82 Å². The quantitative estimate of drug-likeness (QED) is 0.405. The Bertz CT molecular complexity index is 1230. The molecule has 2 aromatic carbocycles. The number of pyridine rings is 1. The smallest absolute Gasteiger partial charge is 0.248 e. The van der Waals surface area contributed by atoms with Crippen molar-refractivity contribution >= 4 is 17.7 Å². The van der Waals surface area contributed by atoms with Crippen molar-refractivity contribution in [1.82, 2.24) is 15.0 Å². The third-order valence-corrected chi connectivity index (χ3v) is 4.11. The Kier molecular flexibility index (Phi) is 6.42. The lowest BCUT2D eigenvalue weighted by Gasteiger charge is -2.07. The second kappa shape index (κ2) is 9.94. The Morgan fingerprint density at radius 3 is 2.56 bits per heavy atom. The SMILES string of the molecule is O=C(/C=C/c1ccc(Oc2cccnc2)c(F)c1)Nc1cccc(Oc2cnccn2)c1. The summed E-state index contributed by atoms with van der Waals surface area (Å²) in [6, 6.07) is 14.6. The van der Waals surface area contributed by atoms with Gasteiger partial charge in [-0.25, -0.2) is 9.37 Å². The predicted octanol–water partition coefficient (Wildman–Crippen LogP) is 5.25. The summed E-state index contributed by atoms with van der Waals surface area (Å²) in [7, 11) is 0. The number of carbonyl (C=O) groups is 1. The minimum Gasteiger partial charge on any atom is -0.453 e. The van der Waals surface area contributed by atoms with Gasteiger partial charge in [-0.1, -0.05) is 12.1 Å². The van der Waals surface area contributed by atoms with Crippen molar-refractivity contribution in [2.45, 2.75) is 0 Å². The van der Waals surface area contributed by atoms with Gasteiger partial charge in [0.15, 0.2) is 11.6 Å². The zero-order valence-corrected chi connectivity index (χ0v) is 16.7. The van der Waals surface area contributed by atoms with Crippen LogP contribution in [0.5, 0.6) is 23.1 Å². The fraction of sp³-hybridized carbons (Fsp3) is 0. The third-order valence-electron chi connectivity index (χ3n) is 4.11. The van der Waals surface area contributed by atoms with Crippen LogP contribution < -0.4 is 14.8 Å². The molecule has 8 heteroatoms. The van der Waals surface area contributed by atoms with Crippen LogP contribution in [0.2, 0.25) is 0 Å².